The van der Waals surface area contributed by atoms with Gasteiger partial charge in [-0.1, -0.05) is 60.7 Å². The average molecular weight is 300 g/mol. The van der Waals surface area contributed by atoms with Crippen LogP contribution in [0.4, 0.5) is 0 Å². The van der Waals surface area contributed by atoms with Crippen LogP contribution in [0.15, 0.2) is 60.7 Å². The number of carbonyl (C=O) groups excluding carboxylic acids is 2. The van der Waals surface area contributed by atoms with Gasteiger partial charge in [-0.3, -0.25) is 9.59 Å². The highest BCUT2D eigenvalue weighted by molar-refractivity contribution is 5.72. The first kappa shape index (κ1) is 17.4. The Morgan fingerprint density at radius 3 is 1.82 bits per heavy atom. The summed E-state index contributed by atoms with van der Waals surface area (Å²) >= 11 is 0. The van der Waals surface area contributed by atoms with Gasteiger partial charge in [-0.2, -0.15) is 0 Å². The van der Waals surface area contributed by atoms with Crippen LogP contribution < -0.4 is 0 Å². The van der Waals surface area contributed by atoms with Gasteiger partial charge in [0.25, 0.3) is 0 Å². The zero-order chi connectivity index (χ0) is 16.2. The first-order valence-corrected chi connectivity index (χ1v) is 6.90. The van der Waals surface area contributed by atoms with Gasteiger partial charge in [0.2, 0.25) is 0 Å². The van der Waals surface area contributed by atoms with E-state index < -0.39 is 0 Å². The highest BCUT2D eigenvalue weighted by atomic mass is 16.5. The summed E-state index contributed by atoms with van der Waals surface area (Å²) in [5.74, 6) is -0.440. The molecule has 0 bridgehead atoms. The standard InChI is InChI=1S/2C9H10O2/c1-11-9(10)7-8-5-3-2-4-6-8;1-8(10)11-7-9-5-3-2-4-6-9/h2*2-6H,7H2,1H3. The lowest BCUT2D eigenvalue weighted by molar-refractivity contribution is -0.142. The van der Waals surface area contributed by atoms with Crippen LogP contribution in [0.25, 0.3) is 0 Å². The summed E-state index contributed by atoms with van der Waals surface area (Å²) in [5, 5.41) is 0. The summed E-state index contributed by atoms with van der Waals surface area (Å²) in [6.07, 6.45) is 0.358. The first-order valence-electron chi connectivity index (χ1n) is 6.90. The fourth-order valence-electron chi connectivity index (χ4n) is 1.59. The molecular weight excluding hydrogens is 280 g/mol. The number of esters is 2. The van der Waals surface area contributed by atoms with Gasteiger partial charge in [0.05, 0.1) is 13.5 Å². The van der Waals surface area contributed by atoms with E-state index in [1.54, 1.807) is 0 Å². The lowest BCUT2D eigenvalue weighted by atomic mass is 10.2. The van der Waals surface area contributed by atoms with Crippen LogP contribution in [0.5, 0.6) is 0 Å². The monoisotopic (exact) mass is 300 g/mol. The predicted octanol–water partition coefficient (Wildman–Crippen LogP) is 3.15. The van der Waals surface area contributed by atoms with Crippen molar-refractivity contribution in [1.29, 1.82) is 0 Å². The van der Waals surface area contributed by atoms with Crippen molar-refractivity contribution in [2.75, 3.05) is 7.11 Å². The summed E-state index contributed by atoms with van der Waals surface area (Å²) in [4.78, 5) is 21.2. The third-order valence-corrected chi connectivity index (χ3v) is 2.70. The van der Waals surface area contributed by atoms with Gasteiger partial charge in [-0.15, -0.1) is 0 Å². The van der Waals surface area contributed by atoms with Crippen molar-refractivity contribution in [1.82, 2.24) is 0 Å². The Hall–Kier alpha value is -2.62. The van der Waals surface area contributed by atoms with Crippen LogP contribution in [0, 0.1) is 0 Å². The van der Waals surface area contributed by atoms with E-state index in [1.807, 2.05) is 60.7 Å². The summed E-state index contributed by atoms with van der Waals surface area (Å²) in [7, 11) is 1.39. The van der Waals surface area contributed by atoms with Crippen molar-refractivity contribution in [3.8, 4) is 0 Å². The molecule has 2 aromatic carbocycles. The number of hydrogen-bond donors (Lipinski definition) is 0. The van der Waals surface area contributed by atoms with Gasteiger partial charge in [0.15, 0.2) is 0 Å². The summed E-state index contributed by atoms with van der Waals surface area (Å²) in [6, 6.07) is 19.1. The Balaban J connectivity index is 0.000000220. The van der Waals surface area contributed by atoms with Gasteiger partial charge in [0, 0.05) is 6.92 Å². The third kappa shape index (κ3) is 7.85. The molecular formula is C18H20O4. The quantitative estimate of drug-likeness (QED) is 0.814. The molecule has 4 heteroatoms. The van der Waals surface area contributed by atoms with E-state index in [-0.39, 0.29) is 11.9 Å². The summed E-state index contributed by atoms with van der Waals surface area (Å²) in [5.41, 5.74) is 2.00. The minimum absolute atomic E-state index is 0.198. The lowest BCUT2D eigenvalue weighted by Gasteiger charge is -1.99. The maximum absolute atomic E-state index is 10.8. The molecule has 0 spiro atoms. The van der Waals surface area contributed by atoms with Gasteiger partial charge >= 0.3 is 11.9 Å². The molecule has 0 amide bonds. The molecule has 4 nitrogen and oxygen atoms in total. The number of methoxy groups -OCH3 is 1. The Labute approximate surface area is 130 Å². The molecule has 2 rings (SSSR count). The highest BCUT2D eigenvalue weighted by Crippen LogP contribution is 2.00. The molecule has 0 saturated carbocycles. The highest BCUT2D eigenvalue weighted by Gasteiger charge is 1.99. The molecule has 0 atom stereocenters. The second-order valence-electron chi connectivity index (χ2n) is 4.50. The normalized spacial score (nSPS) is 9.18. The Bertz CT molecular complexity index is 564. The predicted molar refractivity (Wildman–Crippen MR) is 84.1 cm³/mol. The van der Waals surface area contributed by atoms with Crippen LogP contribution >= 0.6 is 0 Å². The topological polar surface area (TPSA) is 52.6 Å². The molecule has 0 aliphatic carbocycles. The molecule has 0 aliphatic heterocycles. The van der Waals surface area contributed by atoms with E-state index in [1.165, 1.54) is 14.0 Å². The molecule has 0 N–H and O–H groups in total. The van der Waals surface area contributed by atoms with E-state index in [0.29, 0.717) is 13.0 Å². The largest absolute Gasteiger partial charge is 0.469 e. The number of rotatable bonds is 4. The van der Waals surface area contributed by atoms with Crippen LogP contribution in [-0.2, 0) is 32.1 Å². The zero-order valence-corrected chi connectivity index (χ0v) is 12.8. The minimum atomic E-state index is -0.242. The van der Waals surface area contributed by atoms with Crippen LogP contribution in [-0.4, -0.2) is 19.0 Å². The van der Waals surface area contributed by atoms with E-state index in [0.717, 1.165) is 11.1 Å². The molecule has 0 radical (unpaired) electrons. The molecule has 0 saturated heterocycles. The number of benzene rings is 2. The minimum Gasteiger partial charge on any atom is -0.469 e. The molecule has 0 fully saturated rings. The first-order chi connectivity index (χ1) is 10.6. The van der Waals surface area contributed by atoms with Crippen LogP contribution in [0.2, 0.25) is 0 Å². The fourth-order valence-corrected chi connectivity index (χ4v) is 1.59. The number of carbonyl (C=O) groups is 2. The SMILES string of the molecule is CC(=O)OCc1ccccc1.COC(=O)Cc1ccccc1. The van der Waals surface area contributed by atoms with Crippen molar-refractivity contribution in [3.63, 3.8) is 0 Å². The van der Waals surface area contributed by atoms with Gasteiger partial charge in [-0.05, 0) is 11.1 Å². The summed E-state index contributed by atoms with van der Waals surface area (Å²) in [6.45, 7) is 1.78. The Morgan fingerprint density at radius 1 is 0.864 bits per heavy atom. The van der Waals surface area contributed by atoms with E-state index in [9.17, 15) is 9.59 Å². The molecule has 0 aromatic heterocycles. The second-order valence-corrected chi connectivity index (χ2v) is 4.50. The van der Waals surface area contributed by atoms with E-state index in [2.05, 4.69) is 4.74 Å². The van der Waals surface area contributed by atoms with Crippen molar-refractivity contribution in [2.24, 2.45) is 0 Å². The molecule has 116 valence electrons. The van der Waals surface area contributed by atoms with Crippen LogP contribution in [0.1, 0.15) is 18.1 Å². The van der Waals surface area contributed by atoms with Crippen LogP contribution in [0.3, 0.4) is 0 Å². The molecule has 2 aromatic rings. The van der Waals surface area contributed by atoms with E-state index in [4.69, 9.17) is 4.74 Å². The van der Waals surface area contributed by atoms with Crippen molar-refractivity contribution in [3.05, 3.63) is 71.8 Å². The Morgan fingerprint density at radius 2 is 1.36 bits per heavy atom. The number of ether oxygens (including phenoxy) is 2. The lowest BCUT2D eigenvalue weighted by Crippen LogP contribution is -2.03. The average Bonchev–Trinajstić information content (AvgIpc) is 2.55. The second kappa shape index (κ2) is 10.2. The van der Waals surface area contributed by atoms with E-state index >= 15 is 0 Å². The maximum Gasteiger partial charge on any atom is 0.309 e. The molecule has 22 heavy (non-hydrogen) atoms. The van der Waals surface area contributed by atoms with Gasteiger partial charge in [-0.25, -0.2) is 0 Å². The fraction of sp³-hybridized carbons (Fsp3) is 0.222. The van der Waals surface area contributed by atoms with Gasteiger partial charge in [0.1, 0.15) is 6.61 Å². The van der Waals surface area contributed by atoms with Crippen molar-refractivity contribution < 1.29 is 19.1 Å². The Kier molecular flexibility index (Phi) is 8.05. The zero-order valence-electron chi connectivity index (χ0n) is 12.8. The van der Waals surface area contributed by atoms with Gasteiger partial charge < -0.3 is 9.47 Å². The molecule has 0 unspecified atom stereocenters. The molecule has 0 heterocycles. The molecule has 0 aliphatic rings. The van der Waals surface area contributed by atoms with Crippen molar-refractivity contribution >= 4 is 11.9 Å². The third-order valence-electron chi connectivity index (χ3n) is 2.70. The smallest absolute Gasteiger partial charge is 0.309 e. The number of hydrogen-bond acceptors (Lipinski definition) is 4. The summed E-state index contributed by atoms with van der Waals surface area (Å²) < 4.78 is 9.30. The maximum atomic E-state index is 10.8. The van der Waals surface area contributed by atoms with Crippen molar-refractivity contribution in [2.45, 2.75) is 20.0 Å².